The average Bonchev–Trinajstić information content (AvgIpc) is 3.08. The lowest BCUT2D eigenvalue weighted by atomic mass is 10.1. The predicted octanol–water partition coefficient (Wildman–Crippen LogP) is 3.34. The van der Waals surface area contributed by atoms with Gasteiger partial charge in [0.1, 0.15) is 12.4 Å². The van der Waals surface area contributed by atoms with Crippen molar-refractivity contribution in [2.24, 2.45) is 0 Å². The van der Waals surface area contributed by atoms with Crippen LogP contribution in [0.25, 0.3) is 0 Å². The number of hydrogen-bond acceptors (Lipinski definition) is 3. The van der Waals surface area contributed by atoms with E-state index in [4.69, 9.17) is 9.84 Å². The molecule has 25 heavy (non-hydrogen) atoms. The van der Waals surface area contributed by atoms with Gasteiger partial charge in [-0.05, 0) is 42.7 Å². The van der Waals surface area contributed by atoms with Crippen molar-refractivity contribution in [3.8, 4) is 5.75 Å². The largest absolute Gasteiger partial charge is 0.489 e. The molecule has 1 amide bonds. The fraction of sp³-hybridized carbons (Fsp3) is 0.300. The minimum atomic E-state index is -0.863. The van der Waals surface area contributed by atoms with Gasteiger partial charge in [0.05, 0.1) is 6.42 Å². The fourth-order valence-electron chi connectivity index (χ4n) is 3.11. The minimum absolute atomic E-state index is 0.00867. The monoisotopic (exact) mass is 339 g/mol. The van der Waals surface area contributed by atoms with E-state index in [0.717, 1.165) is 24.2 Å². The number of nitrogens with zero attached hydrogens (tertiary/aromatic N) is 1. The molecule has 1 N–H and O–H groups in total. The Hall–Kier alpha value is -2.82. The number of likely N-dealkylation sites (tertiary alicyclic amines) is 1. The average molecular weight is 339 g/mol. The van der Waals surface area contributed by atoms with Gasteiger partial charge in [0.25, 0.3) is 5.91 Å². The summed E-state index contributed by atoms with van der Waals surface area (Å²) >= 11 is 0. The highest BCUT2D eigenvalue weighted by atomic mass is 16.5. The summed E-state index contributed by atoms with van der Waals surface area (Å²) < 4.78 is 5.69. The first-order valence-corrected chi connectivity index (χ1v) is 8.43. The minimum Gasteiger partial charge on any atom is -0.489 e. The molecule has 1 unspecified atom stereocenters. The van der Waals surface area contributed by atoms with Crippen molar-refractivity contribution >= 4 is 11.9 Å². The van der Waals surface area contributed by atoms with Gasteiger partial charge in [-0.2, -0.15) is 0 Å². The van der Waals surface area contributed by atoms with Gasteiger partial charge < -0.3 is 14.7 Å². The Labute approximate surface area is 146 Å². The van der Waals surface area contributed by atoms with Crippen LogP contribution in [0.15, 0.2) is 54.6 Å². The number of amides is 1. The van der Waals surface area contributed by atoms with Crippen molar-refractivity contribution < 1.29 is 19.4 Å². The van der Waals surface area contributed by atoms with E-state index in [1.165, 1.54) is 0 Å². The molecular formula is C20H21NO4. The van der Waals surface area contributed by atoms with E-state index in [-0.39, 0.29) is 18.4 Å². The molecule has 0 saturated carbocycles. The Kier molecular flexibility index (Phi) is 5.33. The van der Waals surface area contributed by atoms with E-state index in [9.17, 15) is 9.59 Å². The Bertz CT molecular complexity index is 727. The van der Waals surface area contributed by atoms with E-state index in [1.807, 2.05) is 42.5 Å². The summed E-state index contributed by atoms with van der Waals surface area (Å²) in [6, 6.07) is 16.7. The normalized spacial score (nSPS) is 16.6. The van der Waals surface area contributed by atoms with Gasteiger partial charge in [-0.25, -0.2) is 0 Å². The third-order valence-electron chi connectivity index (χ3n) is 4.40. The number of carboxylic acids is 1. The maximum absolute atomic E-state index is 12.6. The molecule has 2 aromatic rings. The van der Waals surface area contributed by atoms with E-state index >= 15 is 0 Å². The summed E-state index contributed by atoms with van der Waals surface area (Å²) in [7, 11) is 0. The number of carboxylic acid groups (broad SMARTS) is 1. The lowest BCUT2D eigenvalue weighted by Gasteiger charge is -2.23. The zero-order chi connectivity index (χ0) is 17.6. The zero-order valence-corrected chi connectivity index (χ0v) is 13.9. The van der Waals surface area contributed by atoms with E-state index in [2.05, 4.69) is 0 Å². The quantitative estimate of drug-likeness (QED) is 0.876. The van der Waals surface area contributed by atoms with Crippen LogP contribution in [0.5, 0.6) is 5.75 Å². The zero-order valence-electron chi connectivity index (χ0n) is 13.9. The molecule has 5 heteroatoms. The molecule has 130 valence electrons. The van der Waals surface area contributed by atoms with Gasteiger partial charge in [0.2, 0.25) is 0 Å². The van der Waals surface area contributed by atoms with Crippen LogP contribution in [0.1, 0.15) is 35.2 Å². The van der Waals surface area contributed by atoms with Crippen LogP contribution in [0.3, 0.4) is 0 Å². The maximum atomic E-state index is 12.6. The molecule has 3 rings (SSSR count). The van der Waals surface area contributed by atoms with Crippen LogP contribution in [-0.4, -0.2) is 34.5 Å². The molecule has 1 aliphatic rings. The number of ether oxygens (including phenoxy) is 1. The Morgan fingerprint density at radius 1 is 1.08 bits per heavy atom. The second kappa shape index (κ2) is 7.83. The lowest BCUT2D eigenvalue weighted by molar-refractivity contribution is -0.137. The summed E-state index contributed by atoms with van der Waals surface area (Å²) in [5.41, 5.74) is 1.56. The molecule has 0 spiro atoms. The maximum Gasteiger partial charge on any atom is 0.305 e. The third-order valence-corrected chi connectivity index (χ3v) is 4.40. The number of para-hydroxylation sites is 1. The van der Waals surface area contributed by atoms with Gasteiger partial charge in [0, 0.05) is 18.2 Å². The Morgan fingerprint density at radius 3 is 2.48 bits per heavy atom. The number of carbonyl (C=O) groups is 2. The van der Waals surface area contributed by atoms with Crippen LogP contribution in [0, 0.1) is 0 Å². The number of aliphatic carboxylic acids is 1. The molecular weight excluding hydrogens is 318 g/mol. The molecule has 2 aromatic carbocycles. The number of rotatable bonds is 6. The van der Waals surface area contributed by atoms with Gasteiger partial charge in [0.15, 0.2) is 0 Å². The van der Waals surface area contributed by atoms with Gasteiger partial charge >= 0.3 is 5.97 Å². The predicted molar refractivity (Wildman–Crippen MR) is 93.5 cm³/mol. The molecule has 5 nitrogen and oxygen atoms in total. The lowest BCUT2D eigenvalue weighted by Crippen LogP contribution is -2.36. The number of benzene rings is 2. The van der Waals surface area contributed by atoms with E-state index in [1.54, 1.807) is 17.0 Å². The molecule has 0 bridgehead atoms. The molecule has 1 aliphatic heterocycles. The first-order valence-electron chi connectivity index (χ1n) is 8.43. The summed E-state index contributed by atoms with van der Waals surface area (Å²) in [4.78, 5) is 25.3. The standard InChI is InChI=1S/C20H21NO4/c22-19(23)13-17-5-4-12-21(17)20(24)16-10-8-15(9-11-16)14-25-18-6-2-1-3-7-18/h1-3,6-11,17H,4-5,12-14H2,(H,22,23). The first kappa shape index (κ1) is 17.0. The van der Waals surface area contributed by atoms with Crippen LogP contribution in [0.2, 0.25) is 0 Å². The van der Waals surface area contributed by atoms with Gasteiger partial charge in [-0.15, -0.1) is 0 Å². The van der Waals surface area contributed by atoms with E-state index in [0.29, 0.717) is 18.7 Å². The molecule has 1 heterocycles. The summed E-state index contributed by atoms with van der Waals surface area (Å²) in [6.45, 7) is 1.06. The smallest absolute Gasteiger partial charge is 0.305 e. The molecule has 0 aliphatic carbocycles. The molecule has 1 saturated heterocycles. The van der Waals surface area contributed by atoms with Gasteiger partial charge in [-0.3, -0.25) is 9.59 Å². The second-order valence-corrected chi connectivity index (χ2v) is 6.19. The Balaban J connectivity index is 1.61. The summed E-state index contributed by atoms with van der Waals surface area (Å²) in [6.07, 6.45) is 1.61. The highest BCUT2D eigenvalue weighted by molar-refractivity contribution is 5.94. The van der Waals surface area contributed by atoms with Crippen molar-refractivity contribution in [1.82, 2.24) is 4.90 Å². The van der Waals surface area contributed by atoms with E-state index < -0.39 is 5.97 Å². The molecule has 0 radical (unpaired) electrons. The van der Waals surface area contributed by atoms with Crippen LogP contribution in [-0.2, 0) is 11.4 Å². The summed E-state index contributed by atoms with van der Waals surface area (Å²) in [5.74, 6) is -0.159. The van der Waals surface area contributed by atoms with Crippen LogP contribution in [0.4, 0.5) is 0 Å². The molecule has 1 fully saturated rings. The summed E-state index contributed by atoms with van der Waals surface area (Å²) in [5, 5.41) is 8.98. The SMILES string of the molecule is O=C(O)CC1CCCN1C(=O)c1ccc(COc2ccccc2)cc1. The van der Waals surface area contributed by atoms with Crippen molar-refractivity contribution in [2.45, 2.75) is 31.9 Å². The van der Waals surface area contributed by atoms with Crippen molar-refractivity contribution in [1.29, 1.82) is 0 Å². The van der Waals surface area contributed by atoms with Crippen molar-refractivity contribution in [3.05, 3.63) is 65.7 Å². The third kappa shape index (κ3) is 4.38. The second-order valence-electron chi connectivity index (χ2n) is 6.19. The first-order chi connectivity index (χ1) is 12.1. The molecule has 0 aromatic heterocycles. The van der Waals surface area contributed by atoms with Crippen molar-refractivity contribution in [2.75, 3.05) is 6.54 Å². The van der Waals surface area contributed by atoms with Crippen molar-refractivity contribution in [3.63, 3.8) is 0 Å². The number of carbonyl (C=O) groups excluding carboxylic acids is 1. The van der Waals surface area contributed by atoms with Crippen LogP contribution < -0.4 is 4.74 Å². The highest BCUT2D eigenvalue weighted by Crippen LogP contribution is 2.23. The Morgan fingerprint density at radius 2 is 1.80 bits per heavy atom. The number of hydrogen-bond donors (Lipinski definition) is 1. The van der Waals surface area contributed by atoms with Gasteiger partial charge in [-0.1, -0.05) is 30.3 Å². The van der Waals surface area contributed by atoms with Crippen LogP contribution >= 0.6 is 0 Å². The highest BCUT2D eigenvalue weighted by Gasteiger charge is 2.30. The fourth-order valence-corrected chi connectivity index (χ4v) is 3.11. The topological polar surface area (TPSA) is 66.8 Å². The molecule has 1 atom stereocenters.